The minimum atomic E-state index is -0.234. The van der Waals surface area contributed by atoms with Crippen LogP contribution < -0.4 is 5.32 Å². The molecule has 6 heteroatoms. The summed E-state index contributed by atoms with van der Waals surface area (Å²) >= 11 is 5.83. The number of nitrogens with one attached hydrogen (secondary N) is 1. The molecule has 1 saturated heterocycles. The highest BCUT2D eigenvalue weighted by molar-refractivity contribution is 6.30. The van der Waals surface area contributed by atoms with Crippen LogP contribution in [0.3, 0.4) is 0 Å². The SMILES string of the molecule is N#CCC(=O)NCC1CCN(C(=O)/C=C/c2ccc(Cl)cc2)CC1. The van der Waals surface area contributed by atoms with Crippen molar-refractivity contribution >= 4 is 29.5 Å². The number of rotatable bonds is 5. The van der Waals surface area contributed by atoms with E-state index in [1.165, 1.54) is 0 Å². The Balaban J connectivity index is 1.75. The number of hydrogen-bond acceptors (Lipinski definition) is 3. The molecule has 0 bridgehead atoms. The van der Waals surface area contributed by atoms with Crippen LogP contribution in [0.4, 0.5) is 0 Å². The summed E-state index contributed by atoms with van der Waals surface area (Å²) in [7, 11) is 0. The average Bonchev–Trinajstić information content (AvgIpc) is 2.60. The average molecular weight is 346 g/mol. The molecule has 126 valence electrons. The van der Waals surface area contributed by atoms with Gasteiger partial charge in [-0.15, -0.1) is 0 Å². The van der Waals surface area contributed by atoms with Gasteiger partial charge in [-0.2, -0.15) is 5.26 Å². The van der Waals surface area contributed by atoms with Crippen LogP contribution in [0.1, 0.15) is 24.8 Å². The third-order valence-corrected chi connectivity index (χ3v) is 4.29. The fourth-order valence-electron chi connectivity index (χ4n) is 2.60. The highest BCUT2D eigenvalue weighted by atomic mass is 35.5. The number of carbonyl (C=O) groups is 2. The molecule has 0 unspecified atom stereocenters. The summed E-state index contributed by atoms with van der Waals surface area (Å²) in [5.74, 6) is 0.121. The van der Waals surface area contributed by atoms with E-state index in [0.717, 1.165) is 18.4 Å². The van der Waals surface area contributed by atoms with E-state index in [1.807, 2.05) is 23.1 Å². The van der Waals surface area contributed by atoms with Crippen LogP contribution in [-0.4, -0.2) is 36.3 Å². The van der Waals surface area contributed by atoms with Gasteiger partial charge in [0.1, 0.15) is 6.42 Å². The summed E-state index contributed by atoms with van der Waals surface area (Å²) < 4.78 is 0. The maximum absolute atomic E-state index is 12.2. The molecule has 1 fully saturated rings. The van der Waals surface area contributed by atoms with Crippen LogP contribution in [0.5, 0.6) is 0 Å². The predicted octanol–water partition coefficient (Wildman–Crippen LogP) is 2.62. The summed E-state index contributed by atoms with van der Waals surface area (Å²) in [5.41, 5.74) is 0.933. The lowest BCUT2D eigenvalue weighted by Crippen LogP contribution is -2.40. The molecule has 0 saturated carbocycles. The number of benzene rings is 1. The molecule has 1 heterocycles. The highest BCUT2D eigenvalue weighted by Crippen LogP contribution is 2.17. The Kier molecular flexibility index (Phi) is 6.83. The molecule has 0 atom stereocenters. The van der Waals surface area contributed by atoms with E-state index in [9.17, 15) is 9.59 Å². The molecular weight excluding hydrogens is 326 g/mol. The Labute approximate surface area is 146 Å². The number of likely N-dealkylation sites (tertiary alicyclic amines) is 1. The number of hydrogen-bond donors (Lipinski definition) is 1. The summed E-state index contributed by atoms with van der Waals surface area (Å²) in [4.78, 5) is 25.3. The highest BCUT2D eigenvalue weighted by Gasteiger charge is 2.21. The first kappa shape index (κ1) is 18.0. The van der Waals surface area contributed by atoms with Gasteiger partial charge in [0, 0.05) is 30.7 Å². The van der Waals surface area contributed by atoms with E-state index in [4.69, 9.17) is 16.9 Å². The zero-order valence-electron chi connectivity index (χ0n) is 13.4. The third-order valence-electron chi connectivity index (χ3n) is 4.04. The maximum Gasteiger partial charge on any atom is 0.246 e. The summed E-state index contributed by atoms with van der Waals surface area (Å²) in [5, 5.41) is 11.9. The van der Waals surface area contributed by atoms with Gasteiger partial charge in [-0.3, -0.25) is 9.59 Å². The second-order valence-electron chi connectivity index (χ2n) is 5.79. The van der Waals surface area contributed by atoms with E-state index < -0.39 is 0 Å². The largest absolute Gasteiger partial charge is 0.355 e. The first-order valence-electron chi connectivity index (χ1n) is 7.94. The minimum absolute atomic E-state index is 0.00286. The second-order valence-corrected chi connectivity index (χ2v) is 6.23. The van der Waals surface area contributed by atoms with Crippen molar-refractivity contribution in [2.24, 2.45) is 5.92 Å². The molecule has 1 aromatic carbocycles. The second kappa shape index (κ2) is 9.09. The van der Waals surface area contributed by atoms with Crippen LogP contribution in [0.2, 0.25) is 5.02 Å². The van der Waals surface area contributed by atoms with Crippen molar-refractivity contribution in [1.82, 2.24) is 10.2 Å². The molecule has 0 aromatic heterocycles. The topological polar surface area (TPSA) is 73.2 Å². The Morgan fingerprint density at radius 3 is 2.58 bits per heavy atom. The van der Waals surface area contributed by atoms with Crippen molar-refractivity contribution in [3.05, 3.63) is 40.9 Å². The number of piperidine rings is 1. The van der Waals surface area contributed by atoms with Gasteiger partial charge >= 0.3 is 0 Å². The monoisotopic (exact) mass is 345 g/mol. The van der Waals surface area contributed by atoms with Gasteiger partial charge in [0.15, 0.2) is 0 Å². The summed E-state index contributed by atoms with van der Waals surface area (Å²) in [6, 6.07) is 9.13. The van der Waals surface area contributed by atoms with Gasteiger partial charge in [-0.1, -0.05) is 23.7 Å². The lowest BCUT2D eigenvalue weighted by molar-refractivity contribution is -0.127. The number of nitriles is 1. The van der Waals surface area contributed by atoms with E-state index in [0.29, 0.717) is 30.6 Å². The molecule has 0 spiro atoms. The number of amides is 2. The minimum Gasteiger partial charge on any atom is -0.355 e. The van der Waals surface area contributed by atoms with Crippen molar-refractivity contribution in [3.8, 4) is 6.07 Å². The standard InChI is InChI=1S/C18H20ClN3O2/c19-16-4-1-14(2-5-16)3-6-18(24)22-11-8-15(9-12-22)13-21-17(23)7-10-20/h1-6,15H,7-9,11-13H2,(H,21,23)/b6-3+. The lowest BCUT2D eigenvalue weighted by Gasteiger charge is -2.31. The first-order chi connectivity index (χ1) is 11.6. The zero-order valence-corrected chi connectivity index (χ0v) is 14.1. The number of halogens is 1. The molecule has 1 aromatic rings. The molecule has 5 nitrogen and oxygen atoms in total. The van der Waals surface area contributed by atoms with Crippen LogP contribution in [-0.2, 0) is 9.59 Å². The lowest BCUT2D eigenvalue weighted by atomic mass is 9.96. The van der Waals surface area contributed by atoms with E-state index >= 15 is 0 Å². The predicted molar refractivity (Wildman–Crippen MR) is 93.0 cm³/mol. The molecule has 1 aliphatic heterocycles. The molecule has 1 N–H and O–H groups in total. The third kappa shape index (κ3) is 5.71. The van der Waals surface area contributed by atoms with Crippen molar-refractivity contribution in [3.63, 3.8) is 0 Å². The number of carbonyl (C=O) groups excluding carboxylic acids is 2. The molecular formula is C18H20ClN3O2. The first-order valence-corrected chi connectivity index (χ1v) is 8.32. The van der Waals surface area contributed by atoms with Crippen molar-refractivity contribution in [1.29, 1.82) is 5.26 Å². The van der Waals surface area contributed by atoms with Gasteiger partial charge in [-0.05, 0) is 42.5 Å². The zero-order chi connectivity index (χ0) is 17.4. The van der Waals surface area contributed by atoms with Crippen LogP contribution in [0.25, 0.3) is 6.08 Å². The molecule has 0 radical (unpaired) electrons. The fraction of sp³-hybridized carbons (Fsp3) is 0.389. The van der Waals surface area contributed by atoms with Gasteiger partial charge in [0.2, 0.25) is 11.8 Å². The van der Waals surface area contributed by atoms with Crippen molar-refractivity contribution in [2.45, 2.75) is 19.3 Å². The van der Waals surface area contributed by atoms with E-state index in [2.05, 4.69) is 5.32 Å². The van der Waals surface area contributed by atoms with E-state index in [1.54, 1.807) is 24.3 Å². The molecule has 0 aliphatic carbocycles. The van der Waals surface area contributed by atoms with Crippen LogP contribution in [0.15, 0.2) is 30.3 Å². The number of nitrogens with zero attached hydrogens (tertiary/aromatic N) is 2. The normalized spacial score (nSPS) is 15.2. The van der Waals surface area contributed by atoms with Crippen molar-refractivity contribution in [2.75, 3.05) is 19.6 Å². The van der Waals surface area contributed by atoms with Gasteiger partial charge in [0.05, 0.1) is 6.07 Å². The molecule has 24 heavy (non-hydrogen) atoms. The Bertz CT molecular complexity index is 641. The van der Waals surface area contributed by atoms with Crippen LogP contribution in [0, 0.1) is 17.2 Å². The molecule has 1 aliphatic rings. The van der Waals surface area contributed by atoms with Crippen LogP contribution >= 0.6 is 11.6 Å². The Morgan fingerprint density at radius 1 is 1.29 bits per heavy atom. The fourth-order valence-corrected chi connectivity index (χ4v) is 2.72. The molecule has 2 rings (SSSR count). The molecule has 2 amide bonds. The Morgan fingerprint density at radius 2 is 1.96 bits per heavy atom. The Hall–Kier alpha value is -2.32. The van der Waals surface area contributed by atoms with Gasteiger partial charge in [-0.25, -0.2) is 0 Å². The van der Waals surface area contributed by atoms with Gasteiger partial charge in [0.25, 0.3) is 0 Å². The van der Waals surface area contributed by atoms with E-state index in [-0.39, 0.29) is 18.2 Å². The summed E-state index contributed by atoms with van der Waals surface area (Å²) in [6.45, 7) is 1.94. The summed E-state index contributed by atoms with van der Waals surface area (Å²) in [6.07, 6.45) is 4.97. The van der Waals surface area contributed by atoms with Crippen molar-refractivity contribution < 1.29 is 9.59 Å². The van der Waals surface area contributed by atoms with Gasteiger partial charge < -0.3 is 10.2 Å². The smallest absolute Gasteiger partial charge is 0.246 e. The maximum atomic E-state index is 12.2. The quantitative estimate of drug-likeness (QED) is 0.834.